The molecule has 0 saturated carbocycles. The summed E-state index contributed by atoms with van der Waals surface area (Å²) < 4.78 is 11.1. The zero-order valence-electron chi connectivity index (χ0n) is 12.6. The molecule has 5 nitrogen and oxygen atoms in total. The second-order valence-corrected chi connectivity index (χ2v) is 5.48. The Balaban J connectivity index is 1.67. The minimum absolute atomic E-state index is 0.0648. The van der Waals surface area contributed by atoms with Crippen LogP contribution in [0, 0.1) is 0 Å². The van der Waals surface area contributed by atoms with Gasteiger partial charge in [-0.15, -0.1) is 0 Å². The smallest absolute Gasteiger partial charge is 0.290 e. The van der Waals surface area contributed by atoms with Crippen molar-refractivity contribution in [3.05, 3.63) is 54.0 Å². The number of hydrogen-bond acceptors (Lipinski definition) is 4. The SMILES string of the molecule is CC1CN(C(=O)c2occc2COc2ccccc2)CCN1. The summed E-state index contributed by atoms with van der Waals surface area (Å²) in [6.45, 7) is 4.59. The molecule has 0 bridgehead atoms. The van der Waals surface area contributed by atoms with E-state index >= 15 is 0 Å². The van der Waals surface area contributed by atoms with E-state index in [4.69, 9.17) is 9.15 Å². The third-order valence-corrected chi connectivity index (χ3v) is 3.73. The van der Waals surface area contributed by atoms with E-state index in [2.05, 4.69) is 12.2 Å². The standard InChI is InChI=1S/C17H20N2O3/c1-13-11-19(9-8-18-13)17(20)16-14(7-10-21-16)12-22-15-5-3-2-4-6-15/h2-7,10,13,18H,8-9,11-12H2,1H3. The first-order chi connectivity index (χ1) is 10.7. The van der Waals surface area contributed by atoms with Gasteiger partial charge in [-0.3, -0.25) is 4.79 Å². The number of carbonyl (C=O) groups excluding carboxylic acids is 1. The Bertz CT molecular complexity index is 624. The van der Waals surface area contributed by atoms with Crippen LogP contribution in [0.3, 0.4) is 0 Å². The van der Waals surface area contributed by atoms with Gasteiger partial charge in [0, 0.05) is 31.2 Å². The Morgan fingerprint density at radius 1 is 1.36 bits per heavy atom. The first-order valence-electron chi connectivity index (χ1n) is 7.51. The molecular weight excluding hydrogens is 280 g/mol. The monoisotopic (exact) mass is 300 g/mol. The summed E-state index contributed by atoms with van der Waals surface area (Å²) in [7, 11) is 0. The minimum Gasteiger partial charge on any atom is -0.489 e. The van der Waals surface area contributed by atoms with Crippen LogP contribution in [0.2, 0.25) is 0 Å². The highest BCUT2D eigenvalue weighted by atomic mass is 16.5. The van der Waals surface area contributed by atoms with Crippen LogP contribution in [-0.2, 0) is 6.61 Å². The summed E-state index contributed by atoms with van der Waals surface area (Å²) in [5.74, 6) is 1.09. The van der Waals surface area contributed by atoms with Crippen molar-refractivity contribution in [3.8, 4) is 5.75 Å². The zero-order valence-corrected chi connectivity index (χ0v) is 12.6. The maximum Gasteiger partial charge on any atom is 0.290 e. The summed E-state index contributed by atoms with van der Waals surface area (Å²) in [6.07, 6.45) is 1.54. The first kappa shape index (κ1) is 14.7. The number of para-hydroxylation sites is 1. The lowest BCUT2D eigenvalue weighted by atomic mass is 10.2. The highest BCUT2D eigenvalue weighted by molar-refractivity contribution is 5.93. The fourth-order valence-electron chi connectivity index (χ4n) is 2.58. The Kier molecular flexibility index (Phi) is 4.44. The van der Waals surface area contributed by atoms with Gasteiger partial charge in [-0.25, -0.2) is 0 Å². The van der Waals surface area contributed by atoms with Crippen LogP contribution in [0.25, 0.3) is 0 Å². The molecule has 116 valence electrons. The maximum absolute atomic E-state index is 12.6. The van der Waals surface area contributed by atoms with E-state index in [0.29, 0.717) is 31.5 Å². The highest BCUT2D eigenvalue weighted by Gasteiger charge is 2.25. The largest absolute Gasteiger partial charge is 0.489 e. The van der Waals surface area contributed by atoms with Crippen LogP contribution in [-0.4, -0.2) is 36.5 Å². The van der Waals surface area contributed by atoms with Crippen LogP contribution in [0.15, 0.2) is 47.1 Å². The second kappa shape index (κ2) is 6.66. The van der Waals surface area contributed by atoms with E-state index in [9.17, 15) is 4.79 Å². The first-order valence-corrected chi connectivity index (χ1v) is 7.51. The van der Waals surface area contributed by atoms with Gasteiger partial charge >= 0.3 is 0 Å². The highest BCUT2D eigenvalue weighted by Crippen LogP contribution is 2.18. The number of rotatable bonds is 4. The summed E-state index contributed by atoms with van der Waals surface area (Å²) in [6, 6.07) is 11.6. The van der Waals surface area contributed by atoms with E-state index in [0.717, 1.165) is 17.9 Å². The van der Waals surface area contributed by atoms with Gasteiger partial charge in [0.15, 0.2) is 5.76 Å². The Hall–Kier alpha value is -2.27. The molecule has 1 fully saturated rings. The maximum atomic E-state index is 12.6. The molecule has 1 aliphatic rings. The third kappa shape index (κ3) is 3.31. The molecule has 1 aromatic heterocycles. The lowest BCUT2D eigenvalue weighted by Crippen LogP contribution is -2.51. The molecule has 0 aliphatic carbocycles. The number of benzene rings is 1. The molecule has 1 aromatic carbocycles. The number of piperazine rings is 1. The molecule has 1 amide bonds. The minimum atomic E-state index is -0.0648. The lowest BCUT2D eigenvalue weighted by Gasteiger charge is -2.31. The fourth-order valence-corrected chi connectivity index (χ4v) is 2.58. The van der Waals surface area contributed by atoms with Gasteiger partial charge in [0.05, 0.1) is 6.26 Å². The number of carbonyl (C=O) groups is 1. The zero-order chi connectivity index (χ0) is 15.4. The number of amides is 1. The molecule has 2 heterocycles. The molecule has 1 atom stereocenters. The van der Waals surface area contributed by atoms with Gasteiger partial charge in [0.2, 0.25) is 0 Å². The summed E-state index contributed by atoms with van der Waals surface area (Å²) in [4.78, 5) is 14.4. The Morgan fingerprint density at radius 2 is 2.18 bits per heavy atom. The average molecular weight is 300 g/mol. The van der Waals surface area contributed by atoms with Crippen LogP contribution in [0.1, 0.15) is 23.0 Å². The predicted octanol–water partition coefficient (Wildman–Crippen LogP) is 2.29. The van der Waals surface area contributed by atoms with Gasteiger partial charge < -0.3 is 19.4 Å². The van der Waals surface area contributed by atoms with E-state index < -0.39 is 0 Å². The van der Waals surface area contributed by atoms with Gasteiger partial charge in [-0.05, 0) is 25.1 Å². The third-order valence-electron chi connectivity index (χ3n) is 3.73. The number of nitrogens with zero attached hydrogens (tertiary/aromatic N) is 1. The number of nitrogens with one attached hydrogen (secondary N) is 1. The molecule has 2 aromatic rings. The summed E-state index contributed by atoms with van der Waals surface area (Å²) >= 11 is 0. The number of furan rings is 1. The second-order valence-electron chi connectivity index (χ2n) is 5.48. The average Bonchev–Trinajstić information content (AvgIpc) is 3.01. The summed E-state index contributed by atoms with van der Waals surface area (Å²) in [5, 5.41) is 3.32. The molecule has 1 unspecified atom stereocenters. The molecule has 1 saturated heterocycles. The Morgan fingerprint density at radius 3 is 2.95 bits per heavy atom. The van der Waals surface area contributed by atoms with Crippen molar-refractivity contribution >= 4 is 5.91 Å². The fraction of sp³-hybridized carbons (Fsp3) is 0.353. The molecule has 0 radical (unpaired) electrons. The van der Waals surface area contributed by atoms with Gasteiger partial charge in [0.1, 0.15) is 12.4 Å². The van der Waals surface area contributed by atoms with E-state index in [1.54, 1.807) is 12.3 Å². The van der Waals surface area contributed by atoms with Crippen molar-refractivity contribution in [1.82, 2.24) is 10.2 Å². The molecule has 22 heavy (non-hydrogen) atoms. The van der Waals surface area contributed by atoms with Gasteiger partial charge in [-0.2, -0.15) is 0 Å². The van der Waals surface area contributed by atoms with Crippen molar-refractivity contribution in [2.75, 3.05) is 19.6 Å². The van der Waals surface area contributed by atoms with Crippen LogP contribution < -0.4 is 10.1 Å². The topological polar surface area (TPSA) is 54.7 Å². The summed E-state index contributed by atoms with van der Waals surface area (Å²) in [5.41, 5.74) is 0.778. The molecule has 1 aliphatic heterocycles. The van der Waals surface area contributed by atoms with E-state index in [1.807, 2.05) is 35.2 Å². The van der Waals surface area contributed by atoms with Crippen LogP contribution in [0.5, 0.6) is 5.75 Å². The van der Waals surface area contributed by atoms with Gasteiger partial charge in [-0.1, -0.05) is 18.2 Å². The quantitative estimate of drug-likeness (QED) is 0.941. The Labute approximate surface area is 129 Å². The van der Waals surface area contributed by atoms with E-state index in [-0.39, 0.29) is 5.91 Å². The van der Waals surface area contributed by atoms with Crippen molar-refractivity contribution in [2.45, 2.75) is 19.6 Å². The predicted molar refractivity (Wildman–Crippen MR) is 82.9 cm³/mol. The van der Waals surface area contributed by atoms with Crippen LogP contribution in [0.4, 0.5) is 0 Å². The van der Waals surface area contributed by atoms with Gasteiger partial charge in [0.25, 0.3) is 5.91 Å². The van der Waals surface area contributed by atoms with E-state index in [1.165, 1.54) is 0 Å². The normalized spacial score (nSPS) is 18.2. The molecule has 5 heteroatoms. The number of hydrogen-bond donors (Lipinski definition) is 1. The molecule has 1 N–H and O–H groups in total. The molecular formula is C17H20N2O3. The van der Waals surface area contributed by atoms with Crippen molar-refractivity contribution in [3.63, 3.8) is 0 Å². The molecule has 3 rings (SSSR count). The van der Waals surface area contributed by atoms with Crippen LogP contribution >= 0.6 is 0 Å². The lowest BCUT2D eigenvalue weighted by molar-refractivity contribution is 0.0673. The molecule has 0 spiro atoms. The van der Waals surface area contributed by atoms with Crippen molar-refractivity contribution in [2.24, 2.45) is 0 Å². The van der Waals surface area contributed by atoms with Crippen molar-refractivity contribution < 1.29 is 13.9 Å². The number of ether oxygens (including phenoxy) is 1. The van der Waals surface area contributed by atoms with Crippen molar-refractivity contribution in [1.29, 1.82) is 0 Å².